The van der Waals surface area contributed by atoms with Crippen molar-refractivity contribution in [3.63, 3.8) is 0 Å². The van der Waals surface area contributed by atoms with Gasteiger partial charge in [-0.25, -0.2) is 4.98 Å². The molecule has 2 N–H and O–H groups in total. The molecule has 2 aromatic heterocycles. The number of anilines is 3. The highest BCUT2D eigenvalue weighted by Crippen LogP contribution is 2.27. The maximum absolute atomic E-state index is 6.15. The predicted octanol–water partition coefficient (Wildman–Crippen LogP) is 4.53. The number of benzene rings is 1. The minimum atomic E-state index is 0.525. The van der Waals surface area contributed by atoms with Gasteiger partial charge in [-0.1, -0.05) is 23.2 Å². The maximum atomic E-state index is 6.15. The SMILES string of the molecule is Clc1ccc(Nc2ccnc(NCc3ccncc3)n2)c(Cl)c1. The summed E-state index contributed by atoms with van der Waals surface area (Å²) in [5.74, 6) is 1.17. The molecule has 0 atom stereocenters. The molecule has 0 amide bonds. The zero-order chi connectivity index (χ0) is 16.1. The van der Waals surface area contributed by atoms with Crippen LogP contribution >= 0.6 is 23.2 Å². The van der Waals surface area contributed by atoms with E-state index >= 15 is 0 Å². The third-order valence-electron chi connectivity index (χ3n) is 3.05. The van der Waals surface area contributed by atoms with Crippen LogP contribution in [0.25, 0.3) is 0 Å². The molecule has 0 radical (unpaired) electrons. The molecule has 2 heterocycles. The van der Waals surface area contributed by atoms with Crippen molar-refractivity contribution in [3.05, 3.63) is 70.6 Å². The normalized spacial score (nSPS) is 10.3. The van der Waals surface area contributed by atoms with Gasteiger partial charge in [-0.05, 0) is 42.0 Å². The van der Waals surface area contributed by atoms with Gasteiger partial charge in [-0.15, -0.1) is 0 Å². The summed E-state index contributed by atoms with van der Waals surface area (Å²) < 4.78 is 0. The molecule has 0 bridgehead atoms. The quantitative estimate of drug-likeness (QED) is 0.710. The van der Waals surface area contributed by atoms with Gasteiger partial charge in [0.1, 0.15) is 5.82 Å². The highest BCUT2D eigenvalue weighted by Gasteiger charge is 2.04. The molecule has 0 aliphatic carbocycles. The van der Waals surface area contributed by atoms with E-state index in [0.29, 0.717) is 28.4 Å². The molecule has 3 rings (SSSR count). The lowest BCUT2D eigenvalue weighted by Gasteiger charge is -2.10. The molecule has 5 nitrogen and oxygen atoms in total. The number of aromatic nitrogens is 3. The van der Waals surface area contributed by atoms with E-state index in [0.717, 1.165) is 11.3 Å². The molecule has 1 aromatic carbocycles. The first-order chi connectivity index (χ1) is 11.2. The number of hydrogen-bond acceptors (Lipinski definition) is 5. The Kier molecular flexibility index (Phi) is 4.90. The highest BCUT2D eigenvalue weighted by atomic mass is 35.5. The van der Waals surface area contributed by atoms with Gasteiger partial charge in [-0.3, -0.25) is 4.98 Å². The minimum Gasteiger partial charge on any atom is -0.350 e. The molecule has 0 saturated heterocycles. The average molecular weight is 346 g/mol. The van der Waals surface area contributed by atoms with Crippen molar-refractivity contribution in [2.24, 2.45) is 0 Å². The third-order valence-corrected chi connectivity index (χ3v) is 3.60. The van der Waals surface area contributed by atoms with E-state index in [2.05, 4.69) is 25.6 Å². The van der Waals surface area contributed by atoms with Crippen molar-refractivity contribution in [2.75, 3.05) is 10.6 Å². The third kappa shape index (κ3) is 4.31. The molecular formula is C16H13Cl2N5. The van der Waals surface area contributed by atoms with E-state index in [1.165, 1.54) is 0 Å². The number of halogens is 2. The number of nitrogens with zero attached hydrogens (tertiary/aromatic N) is 3. The topological polar surface area (TPSA) is 62.7 Å². The summed E-state index contributed by atoms with van der Waals surface area (Å²) in [5.41, 5.74) is 1.83. The van der Waals surface area contributed by atoms with Crippen LogP contribution in [0.5, 0.6) is 0 Å². The summed E-state index contributed by atoms with van der Waals surface area (Å²) in [5, 5.41) is 7.43. The first kappa shape index (κ1) is 15.5. The average Bonchev–Trinajstić information content (AvgIpc) is 2.57. The van der Waals surface area contributed by atoms with E-state index in [9.17, 15) is 0 Å². The number of hydrogen-bond donors (Lipinski definition) is 2. The van der Waals surface area contributed by atoms with Crippen LogP contribution in [0.1, 0.15) is 5.56 Å². The van der Waals surface area contributed by atoms with E-state index in [1.807, 2.05) is 12.1 Å². The van der Waals surface area contributed by atoms with Crippen LogP contribution in [-0.2, 0) is 6.54 Å². The van der Waals surface area contributed by atoms with Gasteiger partial charge in [0.05, 0.1) is 10.7 Å². The smallest absolute Gasteiger partial charge is 0.224 e. The Labute approximate surface area is 143 Å². The molecule has 7 heteroatoms. The molecule has 0 saturated carbocycles. The van der Waals surface area contributed by atoms with Gasteiger partial charge in [0, 0.05) is 30.2 Å². The maximum Gasteiger partial charge on any atom is 0.224 e. The molecule has 116 valence electrons. The van der Waals surface area contributed by atoms with Crippen LogP contribution in [0.4, 0.5) is 17.5 Å². The largest absolute Gasteiger partial charge is 0.350 e. The summed E-state index contributed by atoms with van der Waals surface area (Å²) in [6.45, 7) is 0.619. The van der Waals surface area contributed by atoms with Crippen LogP contribution in [0.3, 0.4) is 0 Å². The number of rotatable bonds is 5. The predicted molar refractivity (Wildman–Crippen MR) is 93.3 cm³/mol. The molecular weight excluding hydrogens is 333 g/mol. The Morgan fingerprint density at radius 1 is 0.957 bits per heavy atom. The fraction of sp³-hybridized carbons (Fsp3) is 0.0625. The second-order valence-corrected chi connectivity index (χ2v) is 5.57. The van der Waals surface area contributed by atoms with Crippen LogP contribution in [0.15, 0.2) is 55.0 Å². The Morgan fingerprint density at radius 3 is 2.57 bits per heavy atom. The Hall–Kier alpha value is -2.37. The van der Waals surface area contributed by atoms with Gasteiger partial charge in [0.25, 0.3) is 0 Å². The van der Waals surface area contributed by atoms with Gasteiger partial charge in [0.15, 0.2) is 0 Å². The van der Waals surface area contributed by atoms with Crippen molar-refractivity contribution in [3.8, 4) is 0 Å². The molecule has 0 aliphatic heterocycles. The van der Waals surface area contributed by atoms with Gasteiger partial charge >= 0.3 is 0 Å². The molecule has 0 fully saturated rings. The molecule has 0 spiro atoms. The molecule has 23 heavy (non-hydrogen) atoms. The summed E-state index contributed by atoms with van der Waals surface area (Å²) in [6.07, 6.45) is 5.17. The summed E-state index contributed by atoms with van der Waals surface area (Å²) in [7, 11) is 0. The van der Waals surface area contributed by atoms with Crippen LogP contribution in [-0.4, -0.2) is 15.0 Å². The van der Waals surface area contributed by atoms with Crippen molar-refractivity contribution in [1.29, 1.82) is 0 Å². The van der Waals surface area contributed by atoms with Crippen molar-refractivity contribution < 1.29 is 0 Å². The van der Waals surface area contributed by atoms with E-state index in [1.54, 1.807) is 42.9 Å². The van der Waals surface area contributed by atoms with Crippen molar-refractivity contribution in [2.45, 2.75) is 6.54 Å². The molecule has 0 unspecified atom stereocenters. The van der Waals surface area contributed by atoms with Gasteiger partial charge in [0.2, 0.25) is 5.95 Å². The zero-order valence-electron chi connectivity index (χ0n) is 12.0. The van der Waals surface area contributed by atoms with Crippen molar-refractivity contribution >= 4 is 40.7 Å². The second-order valence-electron chi connectivity index (χ2n) is 4.72. The van der Waals surface area contributed by atoms with Crippen LogP contribution < -0.4 is 10.6 Å². The second kappa shape index (κ2) is 7.26. The Balaban J connectivity index is 1.69. The highest BCUT2D eigenvalue weighted by molar-refractivity contribution is 6.36. The van der Waals surface area contributed by atoms with E-state index < -0.39 is 0 Å². The fourth-order valence-electron chi connectivity index (χ4n) is 1.92. The van der Waals surface area contributed by atoms with E-state index in [-0.39, 0.29) is 0 Å². The monoisotopic (exact) mass is 345 g/mol. The van der Waals surface area contributed by atoms with Crippen LogP contribution in [0, 0.1) is 0 Å². The molecule has 0 aliphatic rings. The standard InChI is InChI=1S/C16H13Cl2N5/c17-12-1-2-14(13(18)9-12)22-15-5-8-20-16(23-15)21-10-11-3-6-19-7-4-11/h1-9H,10H2,(H2,20,21,22,23). The minimum absolute atomic E-state index is 0.525. The number of pyridine rings is 1. The first-order valence-corrected chi connectivity index (χ1v) is 7.64. The van der Waals surface area contributed by atoms with Crippen molar-refractivity contribution in [1.82, 2.24) is 15.0 Å². The Bertz CT molecular complexity index is 795. The van der Waals surface area contributed by atoms with Gasteiger partial charge in [-0.2, -0.15) is 4.98 Å². The molecule has 3 aromatic rings. The summed E-state index contributed by atoms with van der Waals surface area (Å²) in [4.78, 5) is 12.6. The summed E-state index contributed by atoms with van der Waals surface area (Å²) in [6, 6.07) is 10.9. The summed E-state index contributed by atoms with van der Waals surface area (Å²) >= 11 is 12.0. The fourth-order valence-corrected chi connectivity index (χ4v) is 2.38. The zero-order valence-corrected chi connectivity index (χ0v) is 13.5. The van der Waals surface area contributed by atoms with Gasteiger partial charge < -0.3 is 10.6 Å². The first-order valence-electron chi connectivity index (χ1n) is 6.88. The lowest BCUT2D eigenvalue weighted by Crippen LogP contribution is -2.05. The van der Waals surface area contributed by atoms with Crippen LogP contribution in [0.2, 0.25) is 10.0 Å². The lowest BCUT2D eigenvalue weighted by molar-refractivity contribution is 1.05. The Morgan fingerprint density at radius 2 is 1.78 bits per heavy atom. The number of nitrogens with one attached hydrogen (secondary N) is 2. The van der Waals surface area contributed by atoms with E-state index in [4.69, 9.17) is 23.2 Å². The lowest BCUT2D eigenvalue weighted by atomic mass is 10.3.